The maximum Gasteiger partial charge on any atom is 0.330 e. The molecule has 1 aromatic rings. The van der Waals surface area contributed by atoms with Crippen LogP contribution < -0.4 is 11.2 Å². The van der Waals surface area contributed by atoms with Crippen LogP contribution in [0, 0.1) is 0 Å². The summed E-state index contributed by atoms with van der Waals surface area (Å²) < 4.78 is 11.6. The summed E-state index contributed by atoms with van der Waals surface area (Å²) in [5.41, 5.74) is -1.09. The van der Waals surface area contributed by atoms with Crippen molar-refractivity contribution in [1.82, 2.24) is 9.55 Å². The minimum atomic E-state index is -0.796. The second-order valence-electron chi connectivity index (χ2n) is 4.15. The quantitative estimate of drug-likeness (QED) is 0.492. The molecule has 0 radical (unpaired) electrons. The highest BCUT2D eigenvalue weighted by molar-refractivity contribution is 5.50. The first-order valence-corrected chi connectivity index (χ1v) is 5.78. The van der Waals surface area contributed by atoms with E-state index in [9.17, 15) is 19.5 Å². The summed E-state index contributed by atoms with van der Waals surface area (Å²) in [4.78, 5) is 34.7. The Hall–Kier alpha value is -1.77. The van der Waals surface area contributed by atoms with Gasteiger partial charge in [0, 0.05) is 18.7 Å². The van der Waals surface area contributed by atoms with E-state index in [0.717, 1.165) is 0 Å². The van der Waals surface area contributed by atoms with Gasteiger partial charge in [0.15, 0.2) is 0 Å². The minimum Gasteiger partial charge on any atom is -0.390 e. The van der Waals surface area contributed by atoms with Gasteiger partial charge in [-0.3, -0.25) is 14.3 Å². The number of hydrogen-bond acceptors (Lipinski definition) is 6. The van der Waals surface area contributed by atoms with Crippen LogP contribution in [0.1, 0.15) is 12.6 Å². The molecule has 19 heavy (non-hydrogen) atoms. The van der Waals surface area contributed by atoms with E-state index in [0.29, 0.717) is 6.29 Å². The molecule has 1 saturated heterocycles. The number of aldehydes is 1. The van der Waals surface area contributed by atoms with E-state index in [2.05, 4.69) is 4.98 Å². The van der Waals surface area contributed by atoms with Gasteiger partial charge in [0.1, 0.15) is 25.2 Å². The van der Waals surface area contributed by atoms with Crippen molar-refractivity contribution >= 4 is 6.29 Å². The molecule has 1 aliphatic rings. The van der Waals surface area contributed by atoms with Crippen molar-refractivity contribution in [3.8, 4) is 0 Å². The largest absolute Gasteiger partial charge is 0.390 e. The molecule has 0 bridgehead atoms. The molecule has 3 atom stereocenters. The number of carbonyl (C=O) groups is 1. The van der Waals surface area contributed by atoms with Crippen LogP contribution in [0.3, 0.4) is 0 Å². The number of aliphatic hydroxyl groups is 1. The molecule has 1 fully saturated rings. The topological polar surface area (TPSA) is 111 Å². The van der Waals surface area contributed by atoms with E-state index in [1.54, 1.807) is 0 Å². The zero-order valence-electron chi connectivity index (χ0n) is 10.0. The molecule has 1 aromatic heterocycles. The number of aromatic nitrogens is 2. The Labute approximate surface area is 107 Å². The molecule has 1 aliphatic heterocycles. The van der Waals surface area contributed by atoms with E-state index in [1.807, 2.05) is 0 Å². The average molecular weight is 270 g/mol. The maximum atomic E-state index is 11.6. The molecular formula is C11H14N2O6. The van der Waals surface area contributed by atoms with Crippen LogP contribution in [-0.4, -0.2) is 46.4 Å². The van der Waals surface area contributed by atoms with Crippen molar-refractivity contribution < 1.29 is 19.4 Å². The van der Waals surface area contributed by atoms with Gasteiger partial charge >= 0.3 is 5.69 Å². The molecule has 2 rings (SSSR count). The van der Waals surface area contributed by atoms with Crippen molar-refractivity contribution in [1.29, 1.82) is 0 Å². The number of H-pyrrole nitrogens is 1. The summed E-state index contributed by atoms with van der Waals surface area (Å²) in [6, 6.07) is 1.20. The number of carbonyl (C=O) groups excluding carboxylic acids is 1. The Morgan fingerprint density at radius 1 is 1.58 bits per heavy atom. The SMILES string of the molecule is O=CCOC[C@@H]1O[C@H](n2ccc(=O)[nH]c2=O)CC1O. The molecule has 2 heterocycles. The Morgan fingerprint density at radius 3 is 3.05 bits per heavy atom. The Morgan fingerprint density at radius 2 is 2.37 bits per heavy atom. The molecule has 104 valence electrons. The predicted molar refractivity (Wildman–Crippen MR) is 62.7 cm³/mol. The fourth-order valence-corrected chi connectivity index (χ4v) is 1.92. The smallest absolute Gasteiger partial charge is 0.330 e. The third-order valence-corrected chi connectivity index (χ3v) is 2.83. The highest BCUT2D eigenvalue weighted by atomic mass is 16.6. The second-order valence-corrected chi connectivity index (χ2v) is 4.15. The Kier molecular flexibility index (Phi) is 4.25. The molecule has 0 saturated carbocycles. The molecule has 0 aliphatic carbocycles. The summed E-state index contributed by atoms with van der Waals surface area (Å²) >= 11 is 0. The summed E-state index contributed by atoms with van der Waals surface area (Å²) in [7, 11) is 0. The number of ether oxygens (including phenoxy) is 2. The summed E-state index contributed by atoms with van der Waals surface area (Å²) in [6.45, 7) is -0.00956. The number of hydrogen-bond donors (Lipinski definition) is 2. The lowest BCUT2D eigenvalue weighted by molar-refractivity contribution is -0.115. The van der Waals surface area contributed by atoms with Gasteiger partial charge in [-0.25, -0.2) is 4.79 Å². The van der Waals surface area contributed by atoms with Crippen LogP contribution in [0.25, 0.3) is 0 Å². The maximum absolute atomic E-state index is 11.6. The molecule has 2 N–H and O–H groups in total. The first kappa shape index (κ1) is 13.7. The van der Waals surface area contributed by atoms with Gasteiger partial charge in [-0.1, -0.05) is 0 Å². The van der Waals surface area contributed by atoms with Crippen LogP contribution in [0.5, 0.6) is 0 Å². The normalized spacial score (nSPS) is 26.5. The number of rotatable bonds is 5. The summed E-state index contributed by atoms with van der Waals surface area (Å²) in [5.74, 6) is 0. The van der Waals surface area contributed by atoms with E-state index in [4.69, 9.17) is 9.47 Å². The van der Waals surface area contributed by atoms with E-state index >= 15 is 0 Å². The third-order valence-electron chi connectivity index (χ3n) is 2.83. The monoisotopic (exact) mass is 270 g/mol. The van der Waals surface area contributed by atoms with Crippen LogP contribution in [0.2, 0.25) is 0 Å². The summed E-state index contributed by atoms with van der Waals surface area (Å²) in [5, 5.41) is 9.78. The highest BCUT2D eigenvalue weighted by Gasteiger charge is 2.35. The number of nitrogens with zero attached hydrogens (tertiary/aromatic N) is 1. The minimum absolute atomic E-state index is 0.0640. The molecule has 0 aromatic carbocycles. The highest BCUT2D eigenvalue weighted by Crippen LogP contribution is 2.27. The second kappa shape index (κ2) is 5.91. The molecule has 8 heteroatoms. The van der Waals surface area contributed by atoms with E-state index in [1.165, 1.54) is 16.8 Å². The number of aromatic amines is 1. The van der Waals surface area contributed by atoms with Gasteiger partial charge in [0.05, 0.1) is 12.7 Å². The molecule has 1 unspecified atom stereocenters. The first-order valence-electron chi connectivity index (χ1n) is 5.78. The van der Waals surface area contributed by atoms with Crippen molar-refractivity contribution in [2.75, 3.05) is 13.2 Å². The zero-order valence-corrected chi connectivity index (χ0v) is 10.0. The van der Waals surface area contributed by atoms with Gasteiger partial charge < -0.3 is 19.4 Å². The molecule has 0 amide bonds. The van der Waals surface area contributed by atoms with Gasteiger partial charge in [0.25, 0.3) is 5.56 Å². The van der Waals surface area contributed by atoms with Crippen LogP contribution in [0.15, 0.2) is 21.9 Å². The van der Waals surface area contributed by atoms with Crippen molar-refractivity contribution in [2.45, 2.75) is 24.9 Å². The van der Waals surface area contributed by atoms with Crippen LogP contribution in [-0.2, 0) is 14.3 Å². The third kappa shape index (κ3) is 3.16. The Balaban J connectivity index is 2.05. The van der Waals surface area contributed by atoms with Gasteiger partial charge in [-0.05, 0) is 0 Å². The van der Waals surface area contributed by atoms with Crippen LogP contribution in [0.4, 0.5) is 0 Å². The fraction of sp³-hybridized carbons (Fsp3) is 0.545. The molecule has 0 spiro atoms. The average Bonchev–Trinajstić information content (AvgIpc) is 2.71. The lowest BCUT2D eigenvalue weighted by atomic mass is 10.2. The lowest BCUT2D eigenvalue weighted by Gasteiger charge is -2.15. The standard InChI is InChI=1S/C11H14N2O6/c14-3-4-18-6-8-7(15)5-10(19-8)13-2-1-9(16)12-11(13)17/h1-3,7-8,10,15H,4-6H2,(H,12,16,17)/t7?,8-,10-/m0/s1. The zero-order chi connectivity index (χ0) is 13.8. The fourth-order valence-electron chi connectivity index (χ4n) is 1.92. The van der Waals surface area contributed by atoms with E-state index < -0.39 is 29.7 Å². The molecule has 8 nitrogen and oxygen atoms in total. The Bertz CT molecular complexity index is 551. The number of aliphatic hydroxyl groups excluding tert-OH is 1. The molecular weight excluding hydrogens is 256 g/mol. The summed E-state index contributed by atoms with van der Waals surface area (Å²) in [6.07, 6.45) is 0.0583. The van der Waals surface area contributed by atoms with Crippen molar-refractivity contribution in [3.63, 3.8) is 0 Å². The first-order chi connectivity index (χ1) is 9.11. The van der Waals surface area contributed by atoms with Gasteiger partial charge in [-0.2, -0.15) is 0 Å². The number of nitrogens with one attached hydrogen (secondary N) is 1. The predicted octanol–water partition coefficient (Wildman–Crippen LogP) is -1.60. The van der Waals surface area contributed by atoms with E-state index in [-0.39, 0.29) is 19.6 Å². The lowest BCUT2D eigenvalue weighted by Crippen LogP contribution is -2.31. The van der Waals surface area contributed by atoms with Gasteiger partial charge in [0.2, 0.25) is 0 Å². The van der Waals surface area contributed by atoms with Gasteiger partial charge in [-0.15, -0.1) is 0 Å². The van der Waals surface area contributed by atoms with Crippen LogP contribution >= 0.6 is 0 Å². The van der Waals surface area contributed by atoms with Crippen molar-refractivity contribution in [3.05, 3.63) is 33.1 Å². The van der Waals surface area contributed by atoms with Crippen molar-refractivity contribution in [2.24, 2.45) is 0 Å².